The molecule has 1 heterocycles. The van der Waals surface area contributed by atoms with Gasteiger partial charge in [-0.25, -0.2) is 9.18 Å². The molecule has 5 nitrogen and oxygen atoms in total. The third kappa shape index (κ3) is 4.67. The van der Waals surface area contributed by atoms with Crippen LogP contribution < -0.4 is 14.8 Å². The predicted molar refractivity (Wildman–Crippen MR) is 96.2 cm³/mol. The van der Waals surface area contributed by atoms with Crippen LogP contribution in [0.3, 0.4) is 0 Å². The summed E-state index contributed by atoms with van der Waals surface area (Å²) in [6.07, 6.45) is 0. The average Bonchev–Trinajstić information content (AvgIpc) is 3.17. The number of ether oxygens (including phenoxy) is 2. The van der Waals surface area contributed by atoms with Crippen molar-refractivity contribution in [2.45, 2.75) is 0 Å². The van der Waals surface area contributed by atoms with Crippen LogP contribution in [0, 0.1) is 5.82 Å². The summed E-state index contributed by atoms with van der Waals surface area (Å²) in [5.41, 5.74) is 0.575. The number of hydrogen-bond acceptors (Lipinski definition) is 5. The summed E-state index contributed by atoms with van der Waals surface area (Å²) >= 11 is 1.34. The quantitative estimate of drug-likeness (QED) is 0.523. The molecular formula is C19H14FNO4S. The van der Waals surface area contributed by atoms with E-state index in [0.717, 1.165) is 0 Å². The molecule has 1 aromatic heterocycles. The largest absolute Gasteiger partial charge is 0.479 e. The van der Waals surface area contributed by atoms with Gasteiger partial charge in [0.1, 0.15) is 5.75 Å². The minimum absolute atomic E-state index is 0.0175. The Bertz CT molecular complexity index is 894. The first-order valence-electron chi connectivity index (χ1n) is 7.65. The van der Waals surface area contributed by atoms with Gasteiger partial charge in [-0.1, -0.05) is 18.2 Å². The monoisotopic (exact) mass is 371 g/mol. The van der Waals surface area contributed by atoms with Gasteiger partial charge in [-0.05, 0) is 47.8 Å². The fourth-order valence-corrected chi connectivity index (χ4v) is 2.69. The van der Waals surface area contributed by atoms with Crippen molar-refractivity contribution in [1.82, 2.24) is 0 Å². The number of carbonyl (C=O) groups is 2. The van der Waals surface area contributed by atoms with Gasteiger partial charge < -0.3 is 14.8 Å². The van der Waals surface area contributed by atoms with Crippen molar-refractivity contribution in [3.63, 3.8) is 0 Å². The zero-order chi connectivity index (χ0) is 18.4. The third-order valence-electron chi connectivity index (χ3n) is 3.27. The van der Waals surface area contributed by atoms with Crippen molar-refractivity contribution in [3.8, 4) is 11.5 Å². The van der Waals surface area contributed by atoms with Crippen LogP contribution in [-0.4, -0.2) is 18.5 Å². The molecule has 0 unspecified atom stereocenters. The second kappa shape index (κ2) is 8.26. The van der Waals surface area contributed by atoms with Crippen LogP contribution in [0.15, 0.2) is 66.0 Å². The second-order valence-corrected chi connectivity index (χ2v) is 6.10. The SMILES string of the molecule is O=C(COc1ccccc1F)Oc1ccc(NC(=O)c2cccs2)cc1. The van der Waals surface area contributed by atoms with Gasteiger partial charge in [0.15, 0.2) is 18.2 Å². The van der Waals surface area contributed by atoms with Gasteiger partial charge in [-0.15, -0.1) is 11.3 Å². The lowest BCUT2D eigenvalue weighted by Gasteiger charge is -2.08. The summed E-state index contributed by atoms with van der Waals surface area (Å²) in [6.45, 7) is -0.419. The minimum atomic E-state index is -0.663. The van der Waals surface area contributed by atoms with Crippen LogP contribution in [0.25, 0.3) is 0 Å². The smallest absolute Gasteiger partial charge is 0.349 e. The highest BCUT2D eigenvalue weighted by molar-refractivity contribution is 7.12. The lowest BCUT2D eigenvalue weighted by Crippen LogP contribution is -2.18. The maximum atomic E-state index is 13.4. The van der Waals surface area contributed by atoms with Crippen LogP contribution >= 0.6 is 11.3 Å². The zero-order valence-electron chi connectivity index (χ0n) is 13.5. The molecule has 3 rings (SSSR count). The molecule has 0 aliphatic carbocycles. The van der Waals surface area contributed by atoms with E-state index in [1.807, 2.05) is 5.38 Å². The molecule has 0 radical (unpaired) electrons. The van der Waals surface area contributed by atoms with Gasteiger partial charge >= 0.3 is 5.97 Å². The number of benzene rings is 2. The molecule has 0 atom stereocenters. The van der Waals surface area contributed by atoms with Crippen molar-refractivity contribution < 1.29 is 23.5 Å². The maximum absolute atomic E-state index is 13.4. The van der Waals surface area contributed by atoms with E-state index in [-0.39, 0.29) is 11.7 Å². The molecular weight excluding hydrogens is 357 g/mol. The van der Waals surface area contributed by atoms with Crippen LogP contribution in [-0.2, 0) is 4.79 Å². The van der Waals surface area contributed by atoms with Gasteiger partial charge in [-0.2, -0.15) is 0 Å². The molecule has 26 heavy (non-hydrogen) atoms. The first-order chi connectivity index (χ1) is 12.6. The number of thiophene rings is 1. The van der Waals surface area contributed by atoms with Gasteiger partial charge in [0.25, 0.3) is 5.91 Å². The lowest BCUT2D eigenvalue weighted by atomic mass is 10.3. The topological polar surface area (TPSA) is 64.6 Å². The molecule has 0 fully saturated rings. The van der Waals surface area contributed by atoms with E-state index in [1.165, 1.54) is 29.5 Å². The Hall–Kier alpha value is -3.19. The molecule has 132 valence electrons. The van der Waals surface area contributed by atoms with Crippen molar-refractivity contribution in [3.05, 3.63) is 76.7 Å². The van der Waals surface area contributed by atoms with Crippen LogP contribution in [0.5, 0.6) is 11.5 Å². The van der Waals surface area contributed by atoms with Crippen LogP contribution in [0.1, 0.15) is 9.67 Å². The molecule has 1 amide bonds. The maximum Gasteiger partial charge on any atom is 0.349 e. The fraction of sp³-hybridized carbons (Fsp3) is 0.0526. The molecule has 0 saturated heterocycles. The summed E-state index contributed by atoms with van der Waals surface area (Å²) < 4.78 is 23.6. The highest BCUT2D eigenvalue weighted by Crippen LogP contribution is 2.19. The molecule has 0 bridgehead atoms. The van der Waals surface area contributed by atoms with E-state index >= 15 is 0 Å². The Morgan fingerprint density at radius 3 is 2.46 bits per heavy atom. The molecule has 3 aromatic rings. The van der Waals surface area contributed by atoms with Gasteiger partial charge in [0.05, 0.1) is 4.88 Å². The molecule has 0 aliphatic heterocycles. The summed E-state index contributed by atoms with van der Waals surface area (Å²) in [6, 6.07) is 15.6. The normalized spacial score (nSPS) is 10.2. The van der Waals surface area contributed by atoms with E-state index in [9.17, 15) is 14.0 Å². The van der Waals surface area contributed by atoms with Gasteiger partial charge in [0.2, 0.25) is 0 Å². The van der Waals surface area contributed by atoms with E-state index in [2.05, 4.69) is 5.32 Å². The molecule has 0 spiro atoms. The number of amides is 1. The Morgan fingerprint density at radius 1 is 1.00 bits per heavy atom. The number of rotatable bonds is 6. The van der Waals surface area contributed by atoms with Gasteiger partial charge in [-0.3, -0.25) is 4.79 Å². The summed E-state index contributed by atoms with van der Waals surface area (Å²) in [7, 11) is 0. The summed E-state index contributed by atoms with van der Waals surface area (Å²) in [5.74, 6) is -1.14. The highest BCUT2D eigenvalue weighted by atomic mass is 32.1. The van der Waals surface area contributed by atoms with E-state index in [0.29, 0.717) is 16.3 Å². The Morgan fingerprint density at radius 2 is 1.77 bits per heavy atom. The van der Waals surface area contributed by atoms with Crippen molar-refractivity contribution in [2.75, 3.05) is 11.9 Å². The van der Waals surface area contributed by atoms with Crippen LogP contribution in [0.4, 0.5) is 10.1 Å². The number of carbonyl (C=O) groups excluding carboxylic acids is 2. The van der Waals surface area contributed by atoms with Crippen molar-refractivity contribution >= 4 is 28.9 Å². The fourth-order valence-electron chi connectivity index (χ4n) is 2.07. The first kappa shape index (κ1) is 17.6. The van der Waals surface area contributed by atoms with Crippen molar-refractivity contribution in [1.29, 1.82) is 0 Å². The van der Waals surface area contributed by atoms with Gasteiger partial charge in [0, 0.05) is 5.69 Å². The zero-order valence-corrected chi connectivity index (χ0v) is 14.3. The average molecular weight is 371 g/mol. The number of halogens is 1. The molecule has 0 saturated carbocycles. The second-order valence-electron chi connectivity index (χ2n) is 5.15. The summed E-state index contributed by atoms with van der Waals surface area (Å²) in [5, 5.41) is 4.56. The molecule has 1 N–H and O–H groups in total. The van der Waals surface area contributed by atoms with E-state index < -0.39 is 18.4 Å². The molecule has 7 heteroatoms. The first-order valence-corrected chi connectivity index (χ1v) is 8.53. The Balaban J connectivity index is 1.51. The summed E-state index contributed by atoms with van der Waals surface area (Å²) in [4.78, 5) is 24.3. The predicted octanol–water partition coefficient (Wildman–Crippen LogP) is 4.12. The lowest BCUT2D eigenvalue weighted by molar-refractivity contribution is -0.136. The Kier molecular flexibility index (Phi) is 5.60. The number of hydrogen-bond donors (Lipinski definition) is 1. The molecule has 2 aromatic carbocycles. The van der Waals surface area contributed by atoms with E-state index in [4.69, 9.17) is 9.47 Å². The minimum Gasteiger partial charge on any atom is -0.479 e. The third-order valence-corrected chi connectivity index (χ3v) is 4.14. The number of esters is 1. The highest BCUT2D eigenvalue weighted by Gasteiger charge is 2.10. The standard InChI is InChI=1S/C19H14FNO4S/c20-15-4-1-2-5-16(15)24-12-18(22)25-14-9-7-13(8-10-14)21-19(23)17-6-3-11-26-17/h1-11H,12H2,(H,21,23). The van der Waals surface area contributed by atoms with E-state index in [1.54, 1.807) is 42.5 Å². The Labute approximate surface area is 153 Å². The number of anilines is 1. The van der Waals surface area contributed by atoms with Crippen molar-refractivity contribution in [2.24, 2.45) is 0 Å². The van der Waals surface area contributed by atoms with Crippen LogP contribution in [0.2, 0.25) is 0 Å². The number of nitrogens with one attached hydrogen (secondary N) is 1. The number of para-hydroxylation sites is 1. The molecule has 0 aliphatic rings.